The molecule has 0 atom stereocenters. The fourth-order valence-corrected chi connectivity index (χ4v) is 3.85. The van der Waals surface area contributed by atoms with Gasteiger partial charge in [-0.3, -0.25) is 14.6 Å². The Morgan fingerprint density at radius 3 is 2.67 bits per heavy atom. The monoisotopic (exact) mass is 386 g/mol. The summed E-state index contributed by atoms with van der Waals surface area (Å²) >= 11 is 1.68. The molecule has 1 aromatic heterocycles. The van der Waals surface area contributed by atoms with Crippen molar-refractivity contribution in [1.82, 2.24) is 14.8 Å². The van der Waals surface area contributed by atoms with E-state index in [1.54, 1.807) is 18.0 Å². The molecule has 2 aromatic rings. The van der Waals surface area contributed by atoms with Crippen LogP contribution in [-0.4, -0.2) is 71.7 Å². The molecule has 0 radical (unpaired) electrons. The van der Waals surface area contributed by atoms with Crippen molar-refractivity contribution in [2.45, 2.75) is 10.8 Å². The van der Waals surface area contributed by atoms with E-state index in [9.17, 15) is 4.79 Å². The summed E-state index contributed by atoms with van der Waals surface area (Å²) in [6, 6.07) is 13.9. The van der Waals surface area contributed by atoms with Gasteiger partial charge in [-0.15, -0.1) is 11.8 Å². The van der Waals surface area contributed by atoms with Crippen molar-refractivity contribution < 1.29 is 9.90 Å². The predicted molar refractivity (Wildman–Crippen MR) is 109 cm³/mol. The van der Waals surface area contributed by atoms with E-state index in [0.717, 1.165) is 48.2 Å². The smallest absolute Gasteiger partial charge is 0.238 e. The summed E-state index contributed by atoms with van der Waals surface area (Å²) in [4.78, 5) is 21.1. The second-order valence-electron chi connectivity index (χ2n) is 6.55. The normalized spacial score (nSPS) is 15.6. The second-order valence-corrected chi connectivity index (χ2v) is 7.54. The number of carbonyl (C=O) groups excluding carboxylic acids is 1. The first-order valence-corrected chi connectivity index (χ1v) is 10.2. The molecule has 1 aliphatic rings. The van der Waals surface area contributed by atoms with Gasteiger partial charge in [0.2, 0.25) is 5.91 Å². The van der Waals surface area contributed by atoms with Crippen LogP contribution in [0.5, 0.6) is 0 Å². The van der Waals surface area contributed by atoms with Gasteiger partial charge in [0.1, 0.15) is 0 Å². The number of aliphatic hydroxyl groups is 1. The van der Waals surface area contributed by atoms with Crippen molar-refractivity contribution in [3.8, 4) is 0 Å². The average molecular weight is 387 g/mol. The topological polar surface area (TPSA) is 68.7 Å². The molecule has 1 saturated heterocycles. The third-order valence-electron chi connectivity index (χ3n) is 4.48. The Labute approximate surface area is 164 Å². The van der Waals surface area contributed by atoms with Gasteiger partial charge >= 0.3 is 0 Å². The average Bonchev–Trinajstić information content (AvgIpc) is 2.69. The van der Waals surface area contributed by atoms with Crippen molar-refractivity contribution in [1.29, 1.82) is 0 Å². The summed E-state index contributed by atoms with van der Waals surface area (Å²) < 4.78 is 0. The maximum Gasteiger partial charge on any atom is 0.238 e. The largest absolute Gasteiger partial charge is 0.395 e. The molecule has 1 amide bonds. The van der Waals surface area contributed by atoms with Crippen LogP contribution >= 0.6 is 11.8 Å². The van der Waals surface area contributed by atoms with Gasteiger partial charge in [0.05, 0.1) is 18.2 Å². The van der Waals surface area contributed by atoms with Crippen LogP contribution in [0.3, 0.4) is 0 Å². The Hall–Kier alpha value is -1.93. The fourth-order valence-electron chi connectivity index (χ4n) is 3.04. The molecule has 0 bridgehead atoms. The van der Waals surface area contributed by atoms with E-state index in [-0.39, 0.29) is 12.5 Å². The third-order valence-corrected chi connectivity index (χ3v) is 5.50. The van der Waals surface area contributed by atoms with Gasteiger partial charge in [0.15, 0.2) is 0 Å². The number of carbonyl (C=O) groups is 1. The Balaban J connectivity index is 1.45. The van der Waals surface area contributed by atoms with Gasteiger partial charge in [-0.25, -0.2) is 4.98 Å². The van der Waals surface area contributed by atoms with E-state index in [2.05, 4.69) is 26.2 Å². The number of aliphatic hydroxyl groups excluding tert-OH is 1. The summed E-state index contributed by atoms with van der Waals surface area (Å²) in [5, 5.41) is 13.0. The number of β-amino-alcohol motifs (C(OH)–C–C–N with tert-alkyl or cyclic N) is 1. The summed E-state index contributed by atoms with van der Waals surface area (Å²) in [5.74, 6) is 0.827. The lowest BCUT2D eigenvalue weighted by Gasteiger charge is -2.33. The highest BCUT2D eigenvalue weighted by atomic mass is 32.2. The van der Waals surface area contributed by atoms with Crippen molar-refractivity contribution in [2.75, 3.05) is 51.2 Å². The first kappa shape index (κ1) is 19.8. The molecule has 6 nitrogen and oxygen atoms in total. The lowest BCUT2D eigenvalue weighted by molar-refractivity contribution is -0.117. The van der Waals surface area contributed by atoms with Gasteiger partial charge in [-0.05, 0) is 29.8 Å². The Morgan fingerprint density at radius 1 is 1.11 bits per heavy atom. The Kier molecular flexibility index (Phi) is 7.65. The lowest BCUT2D eigenvalue weighted by atomic mass is 10.2. The summed E-state index contributed by atoms with van der Waals surface area (Å²) in [6.45, 7) is 4.81. The van der Waals surface area contributed by atoms with Crippen LogP contribution in [0, 0.1) is 0 Å². The van der Waals surface area contributed by atoms with E-state index >= 15 is 0 Å². The molecular weight excluding hydrogens is 360 g/mol. The number of rotatable bonds is 8. The minimum atomic E-state index is 0.0140. The molecule has 2 heterocycles. The molecule has 7 heteroatoms. The highest BCUT2D eigenvalue weighted by molar-refractivity contribution is 7.98. The van der Waals surface area contributed by atoms with Crippen molar-refractivity contribution in [3.63, 3.8) is 0 Å². The zero-order valence-electron chi connectivity index (χ0n) is 15.4. The van der Waals surface area contributed by atoms with Crippen LogP contribution in [0.25, 0.3) is 0 Å². The van der Waals surface area contributed by atoms with E-state index < -0.39 is 0 Å². The zero-order chi connectivity index (χ0) is 18.9. The van der Waals surface area contributed by atoms with Crippen LogP contribution in [-0.2, 0) is 10.5 Å². The molecule has 0 aliphatic carbocycles. The van der Waals surface area contributed by atoms with Crippen molar-refractivity contribution in [3.05, 3.63) is 54.2 Å². The van der Waals surface area contributed by atoms with E-state index in [1.807, 2.05) is 36.4 Å². The highest BCUT2D eigenvalue weighted by Gasteiger charge is 2.18. The molecular formula is C20H26N4O2S. The number of piperazine rings is 1. The molecule has 3 rings (SSSR count). The Morgan fingerprint density at radius 2 is 1.93 bits per heavy atom. The molecule has 0 saturated carbocycles. The molecule has 1 aliphatic heterocycles. The predicted octanol–water partition coefficient (Wildman–Crippen LogP) is 1.92. The minimum absolute atomic E-state index is 0.0140. The van der Waals surface area contributed by atoms with Gasteiger partial charge in [-0.2, -0.15) is 0 Å². The molecule has 1 aromatic carbocycles. The SMILES string of the molecule is O=C(CN1CCN(CCO)CC1)Nc1cccc(CSc2ccccn2)c1. The van der Waals surface area contributed by atoms with Crippen LogP contribution < -0.4 is 5.32 Å². The highest BCUT2D eigenvalue weighted by Crippen LogP contribution is 2.22. The van der Waals surface area contributed by atoms with Gasteiger partial charge in [-0.1, -0.05) is 18.2 Å². The van der Waals surface area contributed by atoms with E-state index in [1.165, 1.54) is 0 Å². The maximum absolute atomic E-state index is 12.4. The zero-order valence-corrected chi connectivity index (χ0v) is 16.2. The number of hydrogen-bond acceptors (Lipinski definition) is 6. The molecule has 0 unspecified atom stereocenters. The van der Waals surface area contributed by atoms with Crippen LogP contribution in [0.1, 0.15) is 5.56 Å². The molecule has 2 N–H and O–H groups in total. The number of amides is 1. The first-order chi connectivity index (χ1) is 13.2. The van der Waals surface area contributed by atoms with Gasteiger partial charge in [0.25, 0.3) is 0 Å². The van der Waals surface area contributed by atoms with Crippen LogP contribution in [0.4, 0.5) is 5.69 Å². The summed E-state index contributed by atoms with van der Waals surface area (Å²) in [7, 11) is 0. The van der Waals surface area contributed by atoms with E-state index in [0.29, 0.717) is 13.1 Å². The number of pyridine rings is 1. The van der Waals surface area contributed by atoms with Crippen LogP contribution in [0.2, 0.25) is 0 Å². The fraction of sp³-hybridized carbons (Fsp3) is 0.400. The van der Waals surface area contributed by atoms with Gasteiger partial charge in [0, 0.05) is 50.4 Å². The van der Waals surface area contributed by atoms with E-state index in [4.69, 9.17) is 5.11 Å². The number of nitrogens with zero attached hydrogens (tertiary/aromatic N) is 3. The number of thioether (sulfide) groups is 1. The minimum Gasteiger partial charge on any atom is -0.395 e. The maximum atomic E-state index is 12.4. The van der Waals surface area contributed by atoms with Crippen molar-refractivity contribution in [2.24, 2.45) is 0 Å². The lowest BCUT2D eigenvalue weighted by Crippen LogP contribution is -2.49. The number of nitrogens with one attached hydrogen (secondary N) is 1. The molecule has 27 heavy (non-hydrogen) atoms. The first-order valence-electron chi connectivity index (χ1n) is 9.21. The number of hydrogen-bond donors (Lipinski definition) is 2. The number of aromatic nitrogens is 1. The summed E-state index contributed by atoms with van der Waals surface area (Å²) in [5.41, 5.74) is 1.99. The second kappa shape index (κ2) is 10.4. The standard InChI is InChI=1S/C20H26N4O2S/c25-13-12-23-8-10-24(11-9-23)15-19(26)22-18-5-3-4-17(14-18)16-27-20-6-1-2-7-21-20/h1-7,14,25H,8-13,15-16H2,(H,22,26). The van der Waals surface area contributed by atoms with Gasteiger partial charge < -0.3 is 10.4 Å². The number of anilines is 1. The summed E-state index contributed by atoms with van der Waals surface area (Å²) in [6.07, 6.45) is 1.79. The van der Waals surface area contributed by atoms with Crippen molar-refractivity contribution >= 4 is 23.4 Å². The third kappa shape index (κ3) is 6.62. The number of benzene rings is 1. The molecule has 0 spiro atoms. The molecule has 1 fully saturated rings. The quantitative estimate of drug-likeness (QED) is 0.676. The Bertz CT molecular complexity index is 721. The van der Waals surface area contributed by atoms with Crippen LogP contribution in [0.15, 0.2) is 53.7 Å². The molecule has 144 valence electrons.